The summed E-state index contributed by atoms with van der Waals surface area (Å²) in [6.45, 7) is 7.16. The topological polar surface area (TPSA) is 77.8 Å². The molecule has 0 heterocycles. The largest absolute Gasteiger partial charge is 0.481 e. The van der Waals surface area contributed by atoms with Crippen LogP contribution in [0.1, 0.15) is 85.0 Å². The Bertz CT molecular complexity index is 605. The van der Waals surface area contributed by atoms with Crippen LogP contribution >= 0.6 is 0 Å². The molecule has 0 radical (unpaired) electrons. The Morgan fingerprint density at radius 2 is 1.68 bits per heavy atom. The fourth-order valence-corrected chi connectivity index (χ4v) is 8.73. The fraction of sp³-hybridized carbons (Fsp3) is 0.958. The van der Waals surface area contributed by atoms with E-state index in [-0.39, 0.29) is 29.5 Å². The van der Waals surface area contributed by atoms with Crippen molar-refractivity contribution >= 4 is 5.97 Å². The van der Waals surface area contributed by atoms with Gasteiger partial charge in [0.1, 0.15) is 0 Å². The van der Waals surface area contributed by atoms with E-state index in [1.165, 1.54) is 25.7 Å². The second-order valence-corrected chi connectivity index (χ2v) is 11.4. The number of carbonyl (C=O) groups is 1. The van der Waals surface area contributed by atoms with Crippen LogP contribution in [0.4, 0.5) is 0 Å². The van der Waals surface area contributed by atoms with Crippen LogP contribution in [0.5, 0.6) is 0 Å². The first-order valence-electron chi connectivity index (χ1n) is 11.7. The predicted octanol–water partition coefficient (Wildman–Crippen LogP) is 4.48. The molecule has 28 heavy (non-hydrogen) atoms. The van der Waals surface area contributed by atoms with E-state index in [9.17, 15) is 15.0 Å². The Labute approximate surface area is 170 Å². The fourth-order valence-electron chi connectivity index (χ4n) is 8.73. The quantitative estimate of drug-likeness (QED) is 0.659. The molecule has 0 unspecified atom stereocenters. The molecular formula is C24H40O4. The molecule has 4 aliphatic carbocycles. The third-order valence-corrected chi connectivity index (χ3v) is 10.2. The average Bonchev–Trinajstić information content (AvgIpc) is 2.98. The van der Waals surface area contributed by atoms with Crippen molar-refractivity contribution in [2.75, 3.05) is 0 Å². The average molecular weight is 393 g/mol. The number of carboxylic acid groups (broad SMARTS) is 1. The summed E-state index contributed by atoms with van der Waals surface area (Å²) in [5.74, 6) is 2.36. The lowest BCUT2D eigenvalue weighted by Gasteiger charge is -2.62. The summed E-state index contributed by atoms with van der Waals surface area (Å²) in [5.41, 5.74) is 0.523. The zero-order valence-electron chi connectivity index (χ0n) is 17.9. The molecule has 4 saturated carbocycles. The highest BCUT2D eigenvalue weighted by atomic mass is 16.4. The van der Waals surface area contributed by atoms with Crippen LogP contribution < -0.4 is 0 Å². The smallest absolute Gasteiger partial charge is 0.303 e. The van der Waals surface area contributed by atoms with Crippen LogP contribution in [0.2, 0.25) is 0 Å². The Morgan fingerprint density at radius 1 is 1.00 bits per heavy atom. The maximum Gasteiger partial charge on any atom is 0.303 e. The van der Waals surface area contributed by atoms with Gasteiger partial charge in [-0.1, -0.05) is 20.8 Å². The SMILES string of the molecule is C[C@@H](CCC(=O)O)[C@@H]1CC[C@@H]2[C@@H]3[C@H](O)C[C@@H]4C[C@H](O)CC[C@]4(C)[C@H]3CC[C@@]21C. The molecule has 160 valence electrons. The second kappa shape index (κ2) is 7.27. The lowest BCUT2D eigenvalue weighted by molar-refractivity contribution is -0.174. The first kappa shape index (κ1) is 20.7. The lowest BCUT2D eigenvalue weighted by atomic mass is 9.43. The molecule has 10 atom stereocenters. The summed E-state index contributed by atoms with van der Waals surface area (Å²) in [6, 6.07) is 0. The minimum atomic E-state index is -0.684. The molecule has 4 fully saturated rings. The highest BCUT2D eigenvalue weighted by Crippen LogP contribution is 2.68. The summed E-state index contributed by atoms with van der Waals surface area (Å²) in [4.78, 5) is 11.1. The van der Waals surface area contributed by atoms with Gasteiger partial charge in [0.25, 0.3) is 0 Å². The number of carboxylic acids is 1. The second-order valence-electron chi connectivity index (χ2n) is 11.4. The van der Waals surface area contributed by atoms with Crippen LogP contribution in [0.15, 0.2) is 0 Å². The molecule has 0 aromatic heterocycles. The summed E-state index contributed by atoms with van der Waals surface area (Å²) < 4.78 is 0. The summed E-state index contributed by atoms with van der Waals surface area (Å²) in [6.07, 6.45) is 9.19. The van der Waals surface area contributed by atoms with E-state index in [2.05, 4.69) is 20.8 Å². The molecule has 0 saturated heterocycles. The third-order valence-electron chi connectivity index (χ3n) is 10.2. The van der Waals surface area contributed by atoms with Gasteiger partial charge < -0.3 is 15.3 Å². The normalized spacial score (nSPS) is 51.7. The number of hydrogen-bond donors (Lipinski definition) is 3. The third kappa shape index (κ3) is 3.14. The van der Waals surface area contributed by atoms with Crippen molar-refractivity contribution < 1.29 is 20.1 Å². The maximum absolute atomic E-state index is 11.2. The van der Waals surface area contributed by atoms with E-state index >= 15 is 0 Å². The number of aliphatic hydroxyl groups is 2. The summed E-state index contributed by atoms with van der Waals surface area (Å²) in [7, 11) is 0. The van der Waals surface area contributed by atoms with Gasteiger partial charge >= 0.3 is 5.97 Å². The zero-order valence-corrected chi connectivity index (χ0v) is 17.9. The van der Waals surface area contributed by atoms with Crippen LogP contribution in [-0.2, 0) is 4.79 Å². The van der Waals surface area contributed by atoms with Gasteiger partial charge in [0.2, 0.25) is 0 Å². The first-order chi connectivity index (χ1) is 13.2. The van der Waals surface area contributed by atoms with Gasteiger partial charge in [0, 0.05) is 6.42 Å². The van der Waals surface area contributed by atoms with E-state index in [1.807, 2.05) is 0 Å². The van der Waals surface area contributed by atoms with E-state index in [4.69, 9.17) is 5.11 Å². The van der Waals surface area contributed by atoms with Crippen molar-refractivity contribution in [2.45, 2.75) is 97.2 Å². The summed E-state index contributed by atoms with van der Waals surface area (Å²) in [5, 5.41) is 30.5. The molecule has 4 nitrogen and oxygen atoms in total. The number of hydrogen-bond acceptors (Lipinski definition) is 3. The van der Waals surface area contributed by atoms with Crippen molar-refractivity contribution in [3.63, 3.8) is 0 Å². The number of aliphatic hydroxyl groups excluding tert-OH is 2. The minimum absolute atomic E-state index is 0.179. The van der Waals surface area contributed by atoms with Gasteiger partial charge in [-0.05, 0) is 104 Å². The van der Waals surface area contributed by atoms with Gasteiger partial charge in [-0.25, -0.2) is 0 Å². The molecule has 4 aliphatic rings. The molecule has 0 aliphatic heterocycles. The number of fused-ring (bicyclic) bond motifs is 5. The van der Waals surface area contributed by atoms with Gasteiger partial charge in [0.15, 0.2) is 0 Å². The first-order valence-corrected chi connectivity index (χ1v) is 11.7. The zero-order chi connectivity index (χ0) is 20.3. The Balaban J connectivity index is 1.55. The van der Waals surface area contributed by atoms with Crippen LogP contribution in [0.25, 0.3) is 0 Å². The van der Waals surface area contributed by atoms with Gasteiger partial charge in [-0.2, -0.15) is 0 Å². The molecule has 0 aromatic rings. The van der Waals surface area contributed by atoms with Crippen LogP contribution in [-0.4, -0.2) is 33.5 Å². The predicted molar refractivity (Wildman–Crippen MR) is 109 cm³/mol. The molecular weight excluding hydrogens is 352 g/mol. The van der Waals surface area contributed by atoms with Crippen molar-refractivity contribution in [3.05, 3.63) is 0 Å². The maximum atomic E-state index is 11.2. The van der Waals surface area contributed by atoms with Crippen LogP contribution in [0, 0.1) is 46.3 Å². The summed E-state index contributed by atoms with van der Waals surface area (Å²) >= 11 is 0. The van der Waals surface area contributed by atoms with E-state index in [1.54, 1.807) is 0 Å². The molecule has 3 N–H and O–H groups in total. The molecule has 0 bridgehead atoms. The molecule has 4 heteroatoms. The lowest BCUT2D eigenvalue weighted by Crippen LogP contribution is -2.58. The van der Waals surface area contributed by atoms with Gasteiger partial charge in [-0.15, -0.1) is 0 Å². The highest BCUT2D eigenvalue weighted by molar-refractivity contribution is 5.66. The van der Waals surface area contributed by atoms with Gasteiger partial charge in [-0.3, -0.25) is 4.79 Å². The monoisotopic (exact) mass is 392 g/mol. The van der Waals surface area contributed by atoms with Crippen molar-refractivity contribution in [1.29, 1.82) is 0 Å². The molecule has 0 amide bonds. The number of rotatable bonds is 4. The van der Waals surface area contributed by atoms with Crippen LogP contribution in [0.3, 0.4) is 0 Å². The molecule has 0 aromatic carbocycles. The van der Waals surface area contributed by atoms with Crippen molar-refractivity contribution in [1.82, 2.24) is 0 Å². The van der Waals surface area contributed by atoms with E-state index in [0.29, 0.717) is 35.5 Å². The Kier molecular flexibility index (Phi) is 5.36. The highest BCUT2D eigenvalue weighted by Gasteiger charge is 2.62. The van der Waals surface area contributed by atoms with E-state index < -0.39 is 5.97 Å². The Hall–Kier alpha value is -0.610. The standard InChI is InChI=1S/C24H40O4/c1-14(4-7-21(27)28)17-5-6-18-22-19(9-11-24(17,18)3)23(2)10-8-16(25)12-15(23)13-20(22)26/h14-20,22,25-26H,4-13H2,1-3H3,(H,27,28)/t14-,15-,16+,17-,18+,19-,20+,22-,23-,24+/m0/s1. The van der Waals surface area contributed by atoms with Crippen molar-refractivity contribution in [2.24, 2.45) is 46.3 Å². The minimum Gasteiger partial charge on any atom is -0.481 e. The van der Waals surface area contributed by atoms with Crippen molar-refractivity contribution in [3.8, 4) is 0 Å². The number of aliphatic carboxylic acids is 1. The molecule has 4 rings (SSSR count). The van der Waals surface area contributed by atoms with E-state index in [0.717, 1.165) is 32.1 Å². The van der Waals surface area contributed by atoms with Gasteiger partial charge in [0.05, 0.1) is 12.2 Å². The Morgan fingerprint density at radius 3 is 2.39 bits per heavy atom. The molecule has 0 spiro atoms.